The molecule has 0 radical (unpaired) electrons. The Morgan fingerprint density at radius 3 is 2.21 bits per heavy atom. The molecular weight excluding hydrogens is 274 g/mol. The van der Waals surface area contributed by atoms with Crippen molar-refractivity contribution in [3.05, 3.63) is 0 Å². The molecule has 0 aliphatic rings. The summed E-state index contributed by atoms with van der Waals surface area (Å²) in [6, 6.07) is 0. The van der Waals surface area contributed by atoms with E-state index in [0.29, 0.717) is 18.2 Å². The van der Waals surface area contributed by atoms with Crippen molar-refractivity contribution < 1.29 is 13.6 Å². The minimum absolute atomic E-state index is 0.0969. The van der Waals surface area contributed by atoms with Gasteiger partial charge < -0.3 is 0 Å². The fourth-order valence-electron chi connectivity index (χ4n) is 1.15. The molecule has 1 nitrogen and oxygen atoms in total. The maximum Gasteiger partial charge on any atom is 0.315 e. The highest BCUT2D eigenvalue weighted by Gasteiger charge is 2.54. The molecule has 84 valence electrons. The van der Waals surface area contributed by atoms with Crippen molar-refractivity contribution in [3.8, 4) is 0 Å². The molecule has 14 heavy (non-hydrogen) atoms. The molecule has 0 aromatic heterocycles. The molecule has 1 atom stereocenters. The molecule has 0 bridgehead atoms. The van der Waals surface area contributed by atoms with Gasteiger partial charge in [0.05, 0.1) is 0 Å². The van der Waals surface area contributed by atoms with Crippen molar-refractivity contribution in [2.75, 3.05) is 6.26 Å². The van der Waals surface area contributed by atoms with Crippen LogP contribution in [0.15, 0.2) is 0 Å². The molecule has 0 rings (SSSR count). The summed E-state index contributed by atoms with van der Waals surface area (Å²) >= 11 is 3.32. The Morgan fingerprint density at radius 1 is 1.43 bits per heavy atom. The molecule has 1 unspecified atom stereocenters. The SMILES string of the molecule is CCCC(=O)C(Br)(CC)C(F)(F)SC. The van der Waals surface area contributed by atoms with Crippen LogP contribution in [0.25, 0.3) is 0 Å². The van der Waals surface area contributed by atoms with Gasteiger partial charge in [0.15, 0.2) is 10.1 Å². The van der Waals surface area contributed by atoms with Crippen LogP contribution >= 0.6 is 27.7 Å². The number of carbonyl (C=O) groups excluding carboxylic acids is 1. The van der Waals surface area contributed by atoms with Crippen molar-refractivity contribution in [2.24, 2.45) is 0 Å². The second-order valence-electron chi connectivity index (χ2n) is 3.05. The average molecular weight is 289 g/mol. The number of halogens is 3. The molecule has 0 saturated carbocycles. The van der Waals surface area contributed by atoms with Crippen LogP contribution in [0.5, 0.6) is 0 Å². The van der Waals surface area contributed by atoms with Crippen LogP contribution in [0, 0.1) is 0 Å². The molecule has 0 saturated heterocycles. The maximum absolute atomic E-state index is 13.5. The summed E-state index contributed by atoms with van der Waals surface area (Å²) in [5.41, 5.74) is 0. The first-order valence-electron chi connectivity index (χ1n) is 4.50. The van der Waals surface area contributed by atoms with Gasteiger partial charge in [0.25, 0.3) is 0 Å². The van der Waals surface area contributed by atoms with Gasteiger partial charge in [-0.1, -0.05) is 41.5 Å². The normalized spacial score (nSPS) is 16.4. The van der Waals surface area contributed by atoms with Crippen LogP contribution < -0.4 is 0 Å². The summed E-state index contributed by atoms with van der Waals surface area (Å²) in [4.78, 5) is 11.6. The van der Waals surface area contributed by atoms with E-state index in [4.69, 9.17) is 0 Å². The largest absolute Gasteiger partial charge is 0.315 e. The topological polar surface area (TPSA) is 17.1 Å². The van der Waals surface area contributed by atoms with Gasteiger partial charge in [-0.05, 0) is 19.1 Å². The van der Waals surface area contributed by atoms with Gasteiger partial charge in [-0.25, -0.2) is 0 Å². The van der Waals surface area contributed by atoms with Crippen LogP contribution in [0.2, 0.25) is 0 Å². The lowest BCUT2D eigenvalue weighted by molar-refractivity contribution is -0.126. The number of hydrogen-bond acceptors (Lipinski definition) is 2. The number of thioether (sulfide) groups is 1. The third-order valence-electron chi connectivity index (χ3n) is 2.12. The second kappa shape index (κ2) is 5.45. The van der Waals surface area contributed by atoms with E-state index >= 15 is 0 Å². The van der Waals surface area contributed by atoms with Crippen molar-refractivity contribution in [2.45, 2.75) is 42.7 Å². The van der Waals surface area contributed by atoms with Gasteiger partial charge in [-0.15, -0.1) is 0 Å². The van der Waals surface area contributed by atoms with Gasteiger partial charge in [0, 0.05) is 6.42 Å². The van der Waals surface area contributed by atoms with Crippen molar-refractivity contribution >= 4 is 33.5 Å². The number of alkyl halides is 3. The predicted molar refractivity (Wildman–Crippen MR) is 60.3 cm³/mol. The number of hydrogen-bond donors (Lipinski definition) is 0. The Kier molecular flexibility index (Phi) is 5.59. The average Bonchev–Trinajstić information content (AvgIpc) is 2.16. The van der Waals surface area contributed by atoms with E-state index < -0.39 is 15.4 Å². The van der Waals surface area contributed by atoms with Crippen molar-refractivity contribution in [1.29, 1.82) is 0 Å². The molecule has 0 aromatic rings. The smallest absolute Gasteiger partial charge is 0.298 e. The molecule has 0 spiro atoms. The summed E-state index contributed by atoms with van der Waals surface area (Å²) in [6.45, 7) is 3.39. The molecule has 0 aliphatic carbocycles. The summed E-state index contributed by atoms with van der Waals surface area (Å²) in [6.07, 6.45) is 2.19. The first kappa shape index (κ1) is 14.4. The van der Waals surface area contributed by atoms with Gasteiger partial charge >= 0.3 is 5.25 Å². The zero-order valence-corrected chi connectivity index (χ0v) is 11.0. The lowest BCUT2D eigenvalue weighted by atomic mass is 9.98. The van der Waals surface area contributed by atoms with E-state index in [2.05, 4.69) is 15.9 Å². The highest BCUT2D eigenvalue weighted by atomic mass is 79.9. The van der Waals surface area contributed by atoms with Crippen molar-refractivity contribution in [3.63, 3.8) is 0 Å². The van der Waals surface area contributed by atoms with Crippen LogP contribution in [-0.2, 0) is 4.79 Å². The van der Waals surface area contributed by atoms with Crippen LogP contribution in [0.4, 0.5) is 8.78 Å². The van der Waals surface area contributed by atoms with Gasteiger partial charge in [0.2, 0.25) is 0 Å². The first-order chi connectivity index (χ1) is 6.35. The van der Waals surface area contributed by atoms with Crippen molar-refractivity contribution in [1.82, 2.24) is 0 Å². The fourth-order valence-corrected chi connectivity index (χ4v) is 2.42. The second-order valence-corrected chi connectivity index (χ2v) is 5.32. The minimum Gasteiger partial charge on any atom is -0.298 e. The quantitative estimate of drug-likeness (QED) is 0.691. The Balaban J connectivity index is 4.87. The standard InChI is InChI=1S/C9H15BrF2OS/c1-4-6-7(13)8(10,5-2)9(11,12)14-3/h4-6H2,1-3H3. The first-order valence-corrected chi connectivity index (χ1v) is 6.52. The molecule has 0 amide bonds. The highest BCUT2D eigenvalue weighted by molar-refractivity contribution is 9.10. The molecule has 5 heteroatoms. The third-order valence-corrected chi connectivity index (χ3v) is 4.75. The monoisotopic (exact) mass is 288 g/mol. The Hall–Kier alpha value is 0.360. The summed E-state index contributed by atoms with van der Waals surface area (Å²) < 4.78 is 25.2. The molecular formula is C9H15BrF2OS. The number of ketones is 1. The van der Waals surface area contributed by atoms with E-state index in [-0.39, 0.29) is 12.8 Å². The molecule has 0 aromatic carbocycles. The zero-order chi connectivity index (χ0) is 11.4. The van der Waals surface area contributed by atoms with E-state index in [0.717, 1.165) is 0 Å². The van der Waals surface area contributed by atoms with Gasteiger partial charge in [-0.3, -0.25) is 4.79 Å². The highest BCUT2D eigenvalue weighted by Crippen LogP contribution is 2.47. The minimum atomic E-state index is -3.05. The lowest BCUT2D eigenvalue weighted by Gasteiger charge is -2.31. The summed E-state index contributed by atoms with van der Waals surface area (Å²) in [5.74, 6) is -0.415. The Morgan fingerprint density at radius 2 is 1.93 bits per heavy atom. The Labute approximate surface area is 96.1 Å². The lowest BCUT2D eigenvalue weighted by Crippen LogP contribution is -2.46. The van der Waals surface area contributed by atoms with E-state index in [1.54, 1.807) is 13.8 Å². The molecule has 0 aliphatic heterocycles. The zero-order valence-electron chi connectivity index (χ0n) is 8.57. The third kappa shape index (κ3) is 2.69. The van der Waals surface area contributed by atoms with Gasteiger partial charge in [0.1, 0.15) is 0 Å². The predicted octanol–water partition coefficient (Wildman–Crippen LogP) is 3.86. The number of Topliss-reactive ketones (excluding diaryl/α,β-unsaturated/α-hetero) is 1. The van der Waals surface area contributed by atoms with E-state index in [1.165, 1.54) is 6.26 Å². The van der Waals surface area contributed by atoms with Gasteiger partial charge in [-0.2, -0.15) is 8.78 Å². The fraction of sp³-hybridized carbons (Fsp3) is 0.889. The molecule has 0 fully saturated rings. The Bertz CT molecular complexity index is 211. The van der Waals surface area contributed by atoms with E-state index in [1.807, 2.05) is 0 Å². The summed E-state index contributed by atoms with van der Waals surface area (Å²) in [7, 11) is 0. The van der Waals surface area contributed by atoms with Crippen LogP contribution in [0.1, 0.15) is 33.1 Å². The van der Waals surface area contributed by atoms with E-state index in [9.17, 15) is 13.6 Å². The maximum atomic E-state index is 13.5. The number of rotatable bonds is 6. The molecule has 0 N–H and O–H groups in total. The summed E-state index contributed by atoms with van der Waals surface area (Å²) in [5, 5.41) is -3.05. The van der Waals surface area contributed by atoms with Crippen LogP contribution in [-0.4, -0.2) is 21.6 Å². The molecule has 0 heterocycles. The number of carbonyl (C=O) groups is 1. The van der Waals surface area contributed by atoms with Crippen LogP contribution in [0.3, 0.4) is 0 Å².